The monoisotopic (exact) mass is 290 g/mol. The van der Waals surface area contributed by atoms with E-state index in [2.05, 4.69) is 16.3 Å². The third-order valence-corrected chi connectivity index (χ3v) is 3.40. The minimum Gasteiger partial charge on any atom is -0.481 e. The van der Waals surface area contributed by atoms with Crippen LogP contribution in [0.3, 0.4) is 0 Å². The van der Waals surface area contributed by atoms with E-state index in [1.54, 1.807) is 0 Å². The second-order valence-corrected chi connectivity index (χ2v) is 5.07. The molecule has 0 aliphatic carbocycles. The summed E-state index contributed by atoms with van der Waals surface area (Å²) in [5.74, 6) is -0.379. The molecule has 0 radical (unpaired) electrons. The molecule has 1 rings (SSSR count). The van der Waals surface area contributed by atoms with Gasteiger partial charge in [-0.2, -0.15) is 10.4 Å². The largest absolute Gasteiger partial charge is 0.481 e. The third-order valence-electron chi connectivity index (χ3n) is 3.40. The fourth-order valence-corrected chi connectivity index (χ4v) is 2.31. The van der Waals surface area contributed by atoms with Crippen molar-refractivity contribution in [3.8, 4) is 6.07 Å². The highest BCUT2D eigenvalue weighted by molar-refractivity contribution is 5.68. The van der Waals surface area contributed by atoms with Gasteiger partial charge in [0.05, 0.1) is 12.1 Å². The molecule has 0 saturated heterocycles. The van der Waals surface area contributed by atoms with Crippen LogP contribution >= 0.6 is 0 Å². The van der Waals surface area contributed by atoms with Gasteiger partial charge in [-0.1, -0.05) is 13.8 Å². The Hall–Kier alpha value is -2.16. The number of aryl methyl sites for hydroxylation is 1. The van der Waals surface area contributed by atoms with Gasteiger partial charge in [-0.05, 0) is 32.3 Å². The lowest BCUT2D eigenvalue weighted by Gasteiger charge is -2.28. The molecule has 0 amide bonds. The number of rotatable bonds is 7. The van der Waals surface area contributed by atoms with Crippen molar-refractivity contribution in [3.05, 3.63) is 16.8 Å². The first-order valence-electron chi connectivity index (χ1n) is 7.23. The average molecular weight is 290 g/mol. The summed E-state index contributed by atoms with van der Waals surface area (Å²) in [6, 6.07) is 2.27. The van der Waals surface area contributed by atoms with Gasteiger partial charge in [0.25, 0.3) is 0 Å². The number of carboxylic acid groups (broad SMARTS) is 1. The van der Waals surface area contributed by atoms with Crippen LogP contribution in [0.1, 0.15) is 50.9 Å². The normalized spacial score (nSPS) is 10.5. The average Bonchev–Trinajstić information content (AvgIpc) is 2.45. The van der Waals surface area contributed by atoms with Crippen molar-refractivity contribution in [2.75, 3.05) is 11.4 Å². The lowest BCUT2D eigenvalue weighted by molar-refractivity contribution is -0.136. The summed E-state index contributed by atoms with van der Waals surface area (Å²) in [7, 11) is 0. The Bertz CT molecular complexity index is 549. The number of carbonyl (C=O) groups is 1. The Labute approximate surface area is 125 Å². The van der Waals surface area contributed by atoms with E-state index in [0.29, 0.717) is 24.3 Å². The Kier molecular flexibility index (Phi) is 6.10. The summed E-state index contributed by atoms with van der Waals surface area (Å²) in [6.45, 7) is 8.17. The van der Waals surface area contributed by atoms with Crippen LogP contribution in [0, 0.1) is 11.3 Å². The van der Waals surface area contributed by atoms with Crippen molar-refractivity contribution in [3.63, 3.8) is 0 Å². The van der Waals surface area contributed by atoms with Gasteiger partial charge in [-0.15, -0.1) is 5.10 Å². The van der Waals surface area contributed by atoms with Crippen molar-refractivity contribution in [1.29, 1.82) is 5.26 Å². The van der Waals surface area contributed by atoms with Gasteiger partial charge in [-0.25, -0.2) is 0 Å². The van der Waals surface area contributed by atoms with E-state index in [4.69, 9.17) is 5.11 Å². The lowest BCUT2D eigenvalue weighted by atomic mass is 10.0. The van der Waals surface area contributed by atoms with Gasteiger partial charge in [0.15, 0.2) is 5.82 Å². The molecule has 0 saturated carbocycles. The maximum Gasteiger partial charge on any atom is 0.305 e. The minimum atomic E-state index is -0.868. The number of hydrogen-bond donors (Lipinski definition) is 1. The van der Waals surface area contributed by atoms with Gasteiger partial charge < -0.3 is 10.0 Å². The first-order chi connectivity index (χ1) is 9.96. The molecule has 0 aliphatic heterocycles. The van der Waals surface area contributed by atoms with Crippen LogP contribution in [-0.2, 0) is 17.6 Å². The predicted octanol–water partition coefficient (Wildman–Crippen LogP) is 2.16. The van der Waals surface area contributed by atoms with Crippen LogP contribution in [0.15, 0.2) is 0 Å². The summed E-state index contributed by atoms with van der Waals surface area (Å²) < 4.78 is 0. The van der Waals surface area contributed by atoms with Crippen molar-refractivity contribution < 1.29 is 9.90 Å². The summed E-state index contributed by atoms with van der Waals surface area (Å²) in [6.07, 6.45) is 1.43. The number of nitriles is 1. The Morgan fingerprint density at radius 3 is 2.43 bits per heavy atom. The number of nitrogens with zero attached hydrogens (tertiary/aromatic N) is 4. The van der Waals surface area contributed by atoms with E-state index in [1.807, 2.05) is 32.6 Å². The van der Waals surface area contributed by atoms with Gasteiger partial charge >= 0.3 is 5.97 Å². The quantitative estimate of drug-likeness (QED) is 0.827. The molecule has 0 fully saturated rings. The molecule has 1 aromatic rings. The van der Waals surface area contributed by atoms with E-state index >= 15 is 0 Å². The molecule has 114 valence electrons. The molecule has 21 heavy (non-hydrogen) atoms. The molecule has 0 unspecified atom stereocenters. The number of anilines is 1. The van der Waals surface area contributed by atoms with E-state index in [-0.39, 0.29) is 12.5 Å². The summed E-state index contributed by atoms with van der Waals surface area (Å²) in [5, 5.41) is 26.8. The molecule has 0 spiro atoms. The highest BCUT2D eigenvalue weighted by Gasteiger charge is 2.21. The summed E-state index contributed by atoms with van der Waals surface area (Å²) >= 11 is 0. The van der Waals surface area contributed by atoms with Crippen molar-refractivity contribution in [2.45, 2.75) is 53.0 Å². The summed E-state index contributed by atoms with van der Waals surface area (Å²) in [5.41, 5.74) is 2.26. The van der Waals surface area contributed by atoms with Gasteiger partial charge in [0, 0.05) is 12.6 Å². The van der Waals surface area contributed by atoms with Crippen LogP contribution in [0.2, 0.25) is 0 Å². The molecule has 0 bridgehead atoms. The van der Waals surface area contributed by atoms with Gasteiger partial charge in [0.1, 0.15) is 11.6 Å². The molecular formula is C15H22N4O2. The Balaban J connectivity index is 3.31. The van der Waals surface area contributed by atoms with Crippen molar-refractivity contribution in [2.24, 2.45) is 0 Å². The van der Waals surface area contributed by atoms with Crippen LogP contribution in [0.4, 0.5) is 5.82 Å². The molecular weight excluding hydrogens is 268 g/mol. The minimum absolute atomic E-state index is 0.00170. The maximum atomic E-state index is 10.8. The zero-order chi connectivity index (χ0) is 16.0. The number of aromatic nitrogens is 2. The molecule has 1 heterocycles. The van der Waals surface area contributed by atoms with E-state index in [1.165, 1.54) is 0 Å². The van der Waals surface area contributed by atoms with Crippen molar-refractivity contribution >= 4 is 11.8 Å². The molecule has 1 aromatic heterocycles. The van der Waals surface area contributed by atoms with Crippen LogP contribution in [0.25, 0.3) is 0 Å². The first-order valence-corrected chi connectivity index (χ1v) is 7.23. The molecule has 6 heteroatoms. The molecule has 1 N–H and O–H groups in total. The SMILES string of the molecule is CCc1nnc(N(CCC(=O)O)C(C)C)c(C#N)c1CC. The Morgan fingerprint density at radius 1 is 1.33 bits per heavy atom. The summed E-state index contributed by atoms with van der Waals surface area (Å²) in [4.78, 5) is 12.6. The zero-order valence-corrected chi connectivity index (χ0v) is 13.1. The van der Waals surface area contributed by atoms with Gasteiger partial charge in [-0.3, -0.25) is 4.79 Å². The van der Waals surface area contributed by atoms with E-state index in [9.17, 15) is 10.1 Å². The standard InChI is InChI=1S/C15H22N4O2/c1-5-11-12(9-16)15(18-17-13(11)6-2)19(10(3)4)8-7-14(20)21/h10H,5-8H2,1-4H3,(H,20,21). The third kappa shape index (κ3) is 3.91. The van der Waals surface area contributed by atoms with Crippen molar-refractivity contribution in [1.82, 2.24) is 10.2 Å². The number of aliphatic carboxylic acids is 1. The van der Waals surface area contributed by atoms with Gasteiger partial charge in [0.2, 0.25) is 0 Å². The van der Waals surface area contributed by atoms with Crippen LogP contribution < -0.4 is 4.90 Å². The second kappa shape index (κ2) is 7.58. The number of carboxylic acids is 1. The topological polar surface area (TPSA) is 90.1 Å². The highest BCUT2D eigenvalue weighted by atomic mass is 16.4. The Morgan fingerprint density at radius 2 is 2.00 bits per heavy atom. The van der Waals surface area contributed by atoms with Crippen LogP contribution in [-0.4, -0.2) is 33.9 Å². The lowest BCUT2D eigenvalue weighted by Crippen LogP contribution is -2.35. The number of hydrogen-bond acceptors (Lipinski definition) is 5. The first kappa shape index (κ1) is 16.9. The smallest absolute Gasteiger partial charge is 0.305 e. The van der Waals surface area contributed by atoms with E-state index in [0.717, 1.165) is 17.7 Å². The molecule has 0 atom stereocenters. The molecule has 6 nitrogen and oxygen atoms in total. The zero-order valence-electron chi connectivity index (χ0n) is 13.1. The predicted molar refractivity (Wildman–Crippen MR) is 80.2 cm³/mol. The fourth-order valence-electron chi connectivity index (χ4n) is 2.31. The maximum absolute atomic E-state index is 10.8. The molecule has 0 aromatic carbocycles. The molecule has 0 aliphatic rings. The second-order valence-electron chi connectivity index (χ2n) is 5.07. The van der Waals surface area contributed by atoms with E-state index < -0.39 is 5.97 Å². The fraction of sp³-hybridized carbons (Fsp3) is 0.600. The van der Waals surface area contributed by atoms with Crippen LogP contribution in [0.5, 0.6) is 0 Å². The highest BCUT2D eigenvalue weighted by Crippen LogP contribution is 2.24.